The Hall–Kier alpha value is -2.39. The van der Waals surface area contributed by atoms with Gasteiger partial charge in [-0.1, -0.05) is 61.0 Å². The molecule has 0 saturated carbocycles. The lowest BCUT2D eigenvalue weighted by atomic mass is 9.92. The lowest BCUT2D eigenvalue weighted by Gasteiger charge is -2.16. The van der Waals surface area contributed by atoms with Crippen LogP contribution in [-0.4, -0.2) is 19.2 Å². The molecule has 138 valence electrons. The van der Waals surface area contributed by atoms with Crippen LogP contribution in [0.5, 0.6) is 0 Å². The van der Waals surface area contributed by atoms with E-state index >= 15 is 0 Å². The molecule has 0 N–H and O–H groups in total. The van der Waals surface area contributed by atoms with Crippen molar-refractivity contribution in [3.63, 3.8) is 0 Å². The van der Waals surface area contributed by atoms with Gasteiger partial charge in [-0.05, 0) is 49.0 Å². The van der Waals surface area contributed by atoms with Crippen molar-refractivity contribution in [3.05, 3.63) is 76.9 Å². The van der Waals surface area contributed by atoms with Crippen LogP contribution in [0.4, 0.5) is 0 Å². The van der Waals surface area contributed by atoms with Crippen LogP contribution >= 0.6 is 0 Å². The van der Waals surface area contributed by atoms with E-state index in [1.54, 1.807) is 6.92 Å². The first kappa shape index (κ1) is 19.9. The standard InChI is InChI=1S/C23H28O3/c1-4-26-23(24)13-11-21-16-18(2)10-12-22(21)19(3)14-15-25-17-20-8-6-5-7-9-20/h5-13,16,19H,4,14-15,17H2,1-3H3/b13-11+/t19-/m0/s1. The van der Waals surface area contributed by atoms with Crippen LogP contribution in [0.1, 0.15) is 48.4 Å². The molecule has 1 atom stereocenters. The van der Waals surface area contributed by atoms with E-state index in [0.717, 1.165) is 12.0 Å². The molecule has 0 spiro atoms. The number of hydrogen-bond acceptors (Lipinski definition) is 3. The van der Waals surface area contributed by atoms with Gasteiger partial charge in [0.15, 0.2) is 0 Å². The van der Waals surface area contributed by atoms with Gasteiger partial charge in [0.25, 0.3) is 0 Å². The Labute approximate surface area is 156 Å². The first-order chi connectivity index (χ1) is 12.6. The fraction of sp³-hybridized carbons (Fsp3) is 0.348. The monoisotopic (exact) mass is 352 g/mol. The fourth-order valence-electron chi connectivity index (χ4n) is 2.82. The van der Waals surface area contributed by atoms with Crippen LogP contribution in [0.15, 0.2) is 54.6 Å². The Bertz CT molecular complexity index is 719. The molecule has 0 aromatic heterocycles. The Morgan fingerprint density at radius 2 is 1.92 bits per heavy atom. The lowest BCUT2D eigenvalue weighted by molar-refractivity contribution is -0.137. The number of esters is 1. The summed E-state index contributed by atoms with van der Waals surface area (Å²) in [5, 5.41) is 0. The minimum Gasteiger partial charge on any atom is -0.463 e. The molecule has 3 heteroatoms. The van der Waals surface area contributed by atoms with Gasteiger partial charge in [0.2, 0.25) is 0 Å². The Balaban J connectivity index is 1.94. The largest absolute Gasteiger partial charge is 0.463 e. The van der Waals surface area contributed by atoms with Crippen LogP contribution in [0.25, 0.3) is 6.08 Å². The molecule has 2 rings (SSSR count). The SMILES string of the molecule is CCOC(=O)/C=C/c1cc(C)ccc1[C@@H](C)CCOCc1ccccc1. The van der Waals surface area contributed by atoms with Crippen molar-refractivity contribution in [2.45, 2.75) is 39.7 Å². The van der Waals surface area contributed by atoms with Crippen LogP contribution in [-0.2, 0) is 20.9 Å². The summed E-state index contributed by atoms with van der Waals surface area (Å²) in [7, 11) is 0. The van der Waals surface area contributed by atoms with Crippen molar-refractivity contribution in [2.24, 2.45) is 0 Å². The zero-order valence-electron chi connectivity index (χ0n) is 15.9. The number of carbonyl (C=O) groups excluding carboxylic acids is 1. The molecule has 0 saturated heterocycles. The molecule has 0 amide bonds. The third-order valence-electron chi connectivity index (χ3n) is 4.27. The average molecular weight is 352 g/mol. The van der Waals surface area contributed by atoms with Gasteiger partial charge in [-0.3, -0.25) is 0 Å². The second-order valence-electron chi connectivity index (χ2n) is 6.45. The van der Waals surface area contributed by atoms with Gasteiger partial charge in [0.05, 0.1) is 13.2 Å². The number of ether oxygens (including phenoxy) is 2. The highest BCUT2D eigenvalue weighted by Gasteiger charge is 2.10. The van der Waals surface area contributed by atoms with E-state index in [1.165, 1.54) is 22.8 Å². The third kappa shape index (κ3) is 6.49. The molecule has 26 heavy (non-hydrogen) atoms. The Kier molecular flexibility index (Phi) is 8.10. The topological polar surface area (TPSA) is 35.5 Å². The van der Waals surface area contributed by atoms with Crippen molar-refractivity contribution in [3.8, 4) is 0 Å². The molecule has 0 fully saturated rings. The van der Waals surface area contributed by atoms with E-state index in [1.807, 2.05) is 24.3 Å². The second kappa shape index (κ2) is 10.6. The molecule has 0 bridgehead atoms. The van der Waals surface area contributed by atoms with Gasteiger partial charge in [-0.2, -0.15) is 0 Å². The van der Waals surface area contributed by atoms with Gasteiger partial charge in [0, 0.05) is 12.7 Å². The third-order valence-corrected chi connectivity index (χ3v) is 4.27. The number of hydrogen-bond donors (Lipinski definition) is 0. The summed E-state index contributed by atoms with van der Waals surface area (Å²) in [6.45, 7) is 7.78. The van der Waals surface area contributed by atoms with Crippen LogP contribution in [0.3, 0.4) is 0 Å². The van der Waals surface area contributed by atoms with Crippen molar-refractivity contribution < 1.29 is 14.3 Å². The van der Waals surface area contributed by atoms with Gasteiger partial charge >= 0.3 is 5.97 Å². The summed E-state index contributed by atoms with van der Waals surface area (Å²) < 4.78 is 10.8. The quantitative estimate of drug-likeness (QED) is 0.350. The van der Waals surface area contributed by atoms with Gasteiger partial charge < -0.3 is 9.47 Å². The molecule has 0 unspecified atom stereocenters. The predicted octanol–water partition coefficient (Wildman–Crippen LogP) is 5.28. The number of rotatable bonds is 9. The summed E-state index contributed by atoms with van der Waals surface area (Å²) in [6.07, 6.45) is 4.28. The van der Waals surface area contributed by atoms with E-state index in [4.69, 9.17) is 9.47 Å². The zero-order chi connectivity index (χ0) is 18.8. The Morgan fingerprint density at radius 3 is 2.65 bits per heavy atom. The summed E-state index contributed by atoms with van der Waals surface area (Å²) in [6, 6.07) is 16.6. The summed E-state index contributed by atoms with van der Waals surface area (Å²) >= 11 is 0. The highest BCUT2D eigenvalue weighted by molar-refractivity contribution is 5.87. The van der Waals surface area contributed by atoms with Crippen LogP contribution in [0.2, 0.25) is 0 Å². The first-order valence-electron chi connectivity index (χ1n) is 9.17. The van der Waals surface area contributed by atoms with E-state index < -0.39 is 0 Å². The van der Waals surface area contributed by atoms with E-state index in [2.05, 4.69) is 44.2 Å². The van der Waals surface area contributed by atoms with Gasteiger partial charge in [0.1, 0.15) is 0 Å². The molecule has 2 aromatic rings. The number of benzene rings is 2. The molecule has 0 aliphatic rings. The zero-order valence-corrected chi connectivity index (χ0v) is 15.9. The molecule has 0 aliphatic heterocycles. The normalized spacial score (nSPS) is 12.3. The van der Waals surface area contributed by atoms with Gasteiger partial charge in [-0.15, -0.1) is 0 Å². The summed E-state index contributed by atoms with van der Waals surface area (Å²) in [5.74, 6) is 0.0343. The van der Waals surface area contributed by atoms with Crippen molar-refractivity contribution in [2.75, 3.05) is 13.2 Å². The van der Waals surface area contributed by atoms with Crippen molar-refractivity contribution >= 4 is 12.0 Å². The molecule has 3 nitrogen and oxygen atoms in total. The van der Waals surface area contributed by atoms with Crippen LogP contribution in [0, 0.1) is 6.92 Å². The summed E-state index contributed by atoms with van der Waals surface area (Å²) in [5.41, 5.74) is 4.64. The molecule has 0 radical (unpaired) electrons. The van der Waals surface area contributed by atoms with Crippen LogP contribution < -0.4 is 0 Å². The average Bonchev–Trinajstić information content (AvgIpc) is 2.64. The highest BCUT2D eigenvalue weighted by atomic mass is 16.5. The maximum atomic E-state index is 11.6. The van der Waals surface area contributed by atoms with Crippen molar-refractivity contribution in [1.29, 1.82) is 0 Å². The molecular formula is C23H28O3. The molecule has 2 aromatic carbocycles. The minimum atomic E-state index is -0.307. The van der Waals surface area contributed by atoms with Gasteiger partial charge in [-0.25, -0.2) is 4.79 Å². The van der Waals surface area contributed by atoms with E-state index in [0.29, 0.717) is 25.7 Å². The maximum absolute atomic E-state index is 11.6. The predicted molar refractivity (Wildman–Crippen MR) is 106 cm³/mol. The smallest absolute Gasteiger partial charge is 0.330 e. The minimum absolute atomic E-state index is 0.307. The number of carbonyl (C=O) groups is 1. The molecule has 0 aliphatic carbocycles. The highest BCUT2D eigenvalue weighted by Crippen LogP contribution is 2.25. The number of aryl methyl sites for hydroxylation is 1. The maximum Gasteiger partial charge on any atom is 0.330 e. The lowest BCUT2D eigenvalue weighted by Crippen LogP contribution is -2.04. The second-order valence-corrected chi connectivity index (χ2v) is 6.45. The first-order valence-corrected chi connectivity index (χ1v) is 9.17. The fourth-order valence-corrected chi connectivity index (χ4v) is 2.82. The Morgan fingerprint density at radius 1 is 1.15 bits per heavy atom. The molecular weight excluding hydrogens is 324 g/mol. The van der Waals surface area contributed by atoms with E-state index in [-0.39, 0.29) is 5.97 Å². The van der Waals surface area contributed by atoms with E-state index in [9.17, 15) is 4.79 Å². The van der Waals surface area contributed by atoms with Crippen molar-refractivity contribution in [1.82, 2.24) is 0 Å². The molecule has 0 heterocycles. The summed E-state index contributed by atoms with van der Waals surface area (Å²) in [4.78, 5) is 11.6.